The van der Waals surface area contributed by atoms with E-state index in [4.69, 9.17) is 5.73 Å². The van der Waals surface area contributed by atoms with Crippen molar-refractivity contribution >= 4 is 5.69 Å². The Morgan fingerprint density at radius 3 is 2.47 bits per heavy atom. The van der Waals surface area contributed by atoms with Crippen molar-refractivity contribution in [2.75, 3.05) is 5.73 Å². The first-order valence-corrected chi connectivity index (χ1v) is 5.81. The van der Waals surface area contributed by atoms with Gasteiger partial charge in [-0.3, -0.25) is 0 Å². The Morgan fingerprint density at radius 2 is 1.94 bits per heavy atom. The maximum atomic E-state index is 6.23. The zero-order valence-corrected chi connectivity index (χ0v) is 10.9. The normalized spacial score (nSPS) is 11.8. The molecule has 0 bridgehead atoms. The third kappa shape index (κ3) is 2.05. The molecule has 0 amide bonds. The number of nitrogens with zero attached hydrogens (tertiary/aromatic N) is 2. The number of hydrogen-bond donors (Lipinski definition) is 1. The Labute approximate surface area is 102 Å². The van der Waals surface area contributed by atoms with Crippen LogP contribution in [0.2, 0.25) is 0 Å². The summed E-state index contributed by atoms with van der Waals surface area (Å²) < 4.78 is 1.85. The summed E-state index contributed by atoms with van der Waals surface area (Å²) in [5, 5.41) is 4.24. The monoisotopic (exact) mass is 229 g/mol. The SMILES string of the molecule is Cc1c(-n2cccn2)ccc(C(C)(C)C)c1N. The Balaban J connectivity index is 2.58. The summed E-state index contributed by atoms with van der Waals surface area (Å²) in [6.07, 6.45) is 3.70. The highest BCUT2D eigenvalue weighted by Crippen LogP contribution is 2.32. The zero-order valence-electron chi connectivity index (χ0n) is 10.9. The van der Waals surface area contributed by atoms with Crippen molar-refractivity contribution in [3.8, 4) is 5.69 Å². The molecule has 0 fully saturated rings. The van der Waals surface area contributed by atoms with Crippen LogP contribution in [0, 0.1) is 6.92 Å². The number of nitrogen functional groups attached to an aromatic ring is 1. The number of nitrogens with two attached hydrogens (primary N) is 1. The largest absolute Gasteiger partial charge is 0.398 e. The minimum atomic E-state index is 0.0670. The van der Waals surface area contributed by atoms with Gasteiger partial charge in [-0.15, -0.1) is 0 Å². The molecule has 1 heterocycles. The van der Waals surface area contributed by atoms with Crippen LogP contribution in [0.1, 0.15) is 31.9 Å². The average Bonchev–Trinajstić information content (AvgIpc) is 2.73. The van der Waals surface area contributed by atoms with Crippen LogP contribution in [0.5, 0.6) is 0 Å². The van der Waals surface area contributed by atoms with Crippen molar-refractivity contribution in [2.24, 2.45) is 0 Å². The standard InChI is InChI=1S/C14H19N3/c1-10-12(17-9-5-8-16-17)7-6-11(13(10)15)14(2,3)4/h5-9H,15H2,1-4H3. The highest BCUT2D eigenvalue weighted by molar-refractivity contribution is 5.63. The van der Waals surface area contributed by atoms with Gasteiger partial charge in [0.1, 0.15) is 0 Å². The molecule has 0 aliphatic carbocycles. The Kier molecular flexibility index (Phi) is 2.69. The molecule has 2 aromatic rings. The van der Waals surface area contributed by atoms with Crippen LogP contribution in [-0.4, -0.2) is 9.78 Å². The quantitative estimate of drug-likeness (QED) is 0.764. The molecular formula is C14H19N3. The van der Waals surface area contributed by atoms with Crippen molar-refractivity contribution in [1.82, 2.24) is 9.78 Å². The maximum absolute atomic E-state index is 6.23. The van der Waals surface area contributed by atoms with Crippen LogP contribution < -0.4 is 5.73 Å². The van der Waals surface area contributed by atoms with E-state index in [-0.39, 0.29) is 5.41 Å². The minimum Gasteiger partial charge on any atom is -0.398 e. The van der Waals surface area contributed by atoms with Crippen LogP contribution in [-0.2, 0) is 5.41 Å². The van der Waals surface area contributed by atoms with Crippen LogP contribution >= 0.6 is 0 Å². The van der Waals surface area contributed by atoms with Crippen LogP contribution in [0.4, 0.5) is 5.69 Å². The summed E-state index contributed by atoms with van der Waals surface area (Å²) in [6, 6.07) is 6.09. The first-order chi connectivity index (χ1) is 7.91. The summed E-state index contributed by atoms with van der Waals surface area (Å²) in [6.45, 7) is 8.56. The van der Waals surface area contributed by atoms with Gasteiger partial charge in [-0.1, -0.05) is 26.8 Å². The van der Waals surface area contributed by atoms with E-state index in [1.165, 1.54) is 5.56 Å². The van der Waals surface area contributed by atoms with E-state index in [2.05, 4.69) is 38.0 Å². The second-order valence-corrected chi connectivity index (χ2v) is 5.37. The molecule has 3 heteroatoms. The zero-order chi connectivity index (χ0) is 12.6. The molecular weight excluding hydrogens is 210 g/mol. The van der Waals surface area contributed by atoms with Gasteiger partial charge in [-0.05, 0) is 35.6 Å². The molecule has 0 saturated carbocycles. The lowest BCUT2D eigenvalue weighted by Gasteiger charge is -2.23. The van der Waals surface area contributed by atoms with Gasteiger partial charge in [0.2, 0.25) is 0 Å². The highest BCUT2D eigenvalue weighted by Gasteiger charge is 2.19. The van der Waals surface area contributed by atoms with Gasteiger partial charge < -0.3 is 5.73 Å². The van der Waals surface area contributed by atoms with Gasteiger partial charge in [0.05, 0.1) is 5.69 Å². The molecule has 0 atom stereocenters. The van der Waals surface area contributed by atoms with Crippen LogP contribution in [0.15, 0.2) is 30.6 Å². The molecule has 0 unspecified atom stereocenters. The molecule has 0 radical (unpaired) electrons. The van der Waals surface area contributed by atoms with Gasteiger partial charge in [0, 0.05) is 18.1 Å². The predicted octanol–water partition coefficient (Wildman–Crippen LogP) is 3.06. The average molecular weight is 229 g/mol. The molecule has 2 N–H and O–H groups in total. The fourth-order valence-electron chi connectivity index (χ4n) is 2.03. The van der Waals surface area contributed by atoms with Crippen LogP contribution in [0.3, 0.4) is 0 Å². The second-order valence-electron chi connectivity index (χ2n) is 5.37. The van der Waals surface area contributed by atoms with Crippen LogP contribution in [0.25, 0.3) is 5.69 Å². The predicted molar refractivity (Wildman–Crippen MR) is 71.4 cm³/mol. The summed E-state index contributed by atoms with van der Waals surface area (Å²) in [7, 11) is 0. The fraction of sp³-hybridized carbons (Fsp3) is 0.357. The lowest BCUT2D eigenvalue weighted by atomic mass is 9.84. The number of rotatable bonds is 1. The number of hydrogen-bond acceptors (Lipinski definition) is 2. The molecule has 0 aliphatic heterocycles. The highest BCUT2D eigenvalue weighted by atomic mass is 15.3. The summed E-state index contributed by atoms with van der Waals surface area (Å²) >= 11 is 0. The molecule has 2 rings (SSSR count). The van der Waals surface area contributed by atoms with Crippen molar-refractivity contribution in [2.45, 2.75) is 33.1 Å². The van der Waals surface area contributed by atoms with E-state index in [1.807, 2.05) is 23.9 Å². The maximum Gasteiger partial charge on any atom is 0.0695 e. The van der Waals surface area contributed by atoms with Gasteiger partial charge >= 0.3 is 0 Å². The summed E-state index contributed by atoms with van der Waals surface area (Å²) in [5.41, 5.74) is 10.5. The lowest BCUT2D eigenvalue weighted by Crippen LogP contribution is -2.15. The third-order valence-corrected chi connectivity index (χ3v) is 3.05. The number of aromatic nitrogens is 2. The first-order valence-electron chi connectivity index (χ1n) is 5.81. The summed E-state index contributed by atoms with van der Waals surface area (Å²) in [5.74, 6) is 0. The third-order valence-electron chi connectivity index (χ3n) is 3.05. The van der Waals surface area contributed by atoms with Crippen molar-refractivity contribution in [3.63, 3.8) is 0 Å². The Morgan fingerprint density at radius 1 is 1.24 bits per heavy atom. The van der Waals surface area contributed by atoms with Gasteiger partial charge in [0.15, 0.2) is 0 Å². The molecule has 3 nitrogen and oxygen atoms in total. The van der Waals surface area contributed by atoms with Crippen molar-refractivity contribution in [1.29, 1.82) is 0 Å². The summed E-state index contributed by atoms with van der Waals surface area (Å²) in [4.78, 5) is 0. The molecule has 0 saturated heterocycles. The molecule has 0 aliphatic rings. The van der Waals surface area contributed by atoms with Gasteiger partial charge in [-0.25, -0.2) is 4.68 Å². The Bertz CT molecular complexity index is 519. The van der Waals surface area contributed by atoms with E-state index < -0.39 is 0 Å². The molecule has 1 aromatic heterocycles. The van der Waals surface area contributed by atoms with E-state index in [0.717, 1.165) is 16.9 Å². The molecule has 0 spiro atoms. The first kappa shape index (κ1) is 11.7. The number of anilines is 1. The molecule has 1 aromatic carbocycles. The molecule has 90 valence electrons. The Hall–Kier alpha value is -1.77. The topological polar surface area (TPSA) is 43.8 Å². The number of benzene rings is 1. The van der Waals surface area contributed by atoms with E-state index in [1.54, 1.807) is 6.20 Å². The van der Waals surface area contributed by atoms with E-state index >= 15 is 0 Å². The molecule has 17 heavy (non-hydrogen) atoms. The van der Waals surface area contributed by atoms with Crippen molar-refractivity contribution in [3.05, 3.63) is 41.7 Å². The van der Waals surface area contributed by atoms with Gasteiger partial charge in [-0.2, -0.15) is 5.10 Å². The van der Waals surface area contributed by atoms with E-state index in [9.17, 15) is 0 Å². The van der Waals surface area contributed by atoms with Crippen molar-refractivity contribution < 1.29 is 0 Å². The van der Waals surface area contributed by atoms with E-state index in [0.29, 0.717) is 0 Å². The van der Waals surface area contributed by atoms with Gasteiger partial charge in [0.25, 0.3) is 0 Å². The minimum absolute atomic E-state index is 0.0670. The smallest absolute Gasteiger partial charge is 0.0695 e. The second kappa shape index (κ2) is 3.91. The fourth-order valence-corrected chi connectivity index (χ4v) is 2.03. The lowest BCUT2D eigenvalue weighted by molar-refractivity contribution is 0.592.